The van der Waals surface area contributed by atoms with Crippen LogP contribution in [0.5, 0.6) is 0 Å². The van der Waals surface area contributed by atoms with E-state index in [-0.39, 0.29) is 6.42 Å². The summed E-state index contributed by atoms with van der Waals surface area (Å²) in [6.07, 6.45) is -1.12. The molecule has 0 saturated carbocycles. The molecule has 6 heteroatoms. The number of aliphatic carboxylic acids is 1. The highest BCUT2D eigenvalue weighted by atomic mass is 16.6. The third-order valence-electron chi connectivity index (χ3n) is 1.92. The van der Waals surface area contributed by atoms with Crippen molar-refractivity contribution in [3.8, 4) is 0 Å². The summed E-state index contributed by atoms with van der Waals surface area (Å²) in [6.45, 7) is 7.95. The number of ether oxygens (including phenoxy) is 1. The molecule has 17 heavy (non-hydrogen) atoms. The molecule has 0 aromatic carbocycles. The average Bonchev–Trinajstić information content (AvgIpc) is 1.95. The molecule has 0 aromatic rings. The first-order valence-corrected chi connectivity index (χ1v) is 5.35. The van der Waals surface area contributed by atoms with Crippen LogP contribution in [-0.2, 0) is 9.53 Å². The second-order valence-electron chi connectivity index (χ2n) is 5.45. The van der Waals surface area contributed by atoms with Gasteiger partial charge in [0.25, 0.3) is 0 Å². The second kappa shape index (κ2) is 5.35. The maximum atomic E-state index is 11.5. The predicted molar refractivity (Wildman–Crippen MR) is 61.7 cm³/mol. The maximum Gasteiger partial charge on any atom is 0.407 e. The number of carboxylic acid groups (broad SMARTS) is 1. The Morgan fingerprint density at radius 3 is 2.00 bits per heavy atom. The van der Waals surface area contributed by atoms with Gasteiger partial charge in [0.15, 0.2) is 0 Å². The molecule has 0 spiro atoms. The van der Waals surface area contributed by atoms with E-state index < -0.39 is 29.3 Å². The van der Waals surface area contributed by atoms with E-state index in [1.54, 1.807) is 20.8 Å². The van der Waals surface area contributed by atoms with Crippen LogP contribution in [0.1, 0.15) is 41.0 Å². The molecule has 0 aromatic heterocycles. The zero-order valence-electron chi connectivity index (χ0n) is 10.9. The Bertz CT molecular complexity index is 287. The van der Waals surface area contributed by atoms with Gasteiger partial charge in [0, 0.05) is 0 Å². The Labute approximate surface area is 101 Å². The Kier molecular flexibility index (Phi) is 4.94. The minimum absolute atomic E-state index is 0.372. The topological polar surface area (TPSA) is 95.9 Å². The Hall–Kier alpha value is -1.30. The highest BCUT2D eigenvalue weighted by Gasteiger charge is 2.31. The third-order valence-corrected chi connectivity index (χ3v) is 1.92. The number of alkyl carbamates (subject to hydrolysis) is 1. The number of carboxylic acids is 1. The van der Waals surface area contributed by atoms with Crippen molar-refractivity contribution >= 4 is 12.1 Å². The van der Waals surface area contributed by atoms with Crippen LogP contribution in [0, 0.1) is 0 Å². The highest BCUT2D eigenvalue weighted by Crippen LogP contribution is 2.14. The number of rotatable bonds is 4. The largest absolute Gasteiger partial charge is 0.481 e. The first kappa shape index (κ1) is 15.7. The summed E-state index contributed by atoms with van der Waals surface area (Å²) in [7, 11) is 0. The summed E-state index contributed by atoms with van der Waals surface area (Å²) in [5, 5.41) is 20.8. The van der Waals surface area contributed by atoms with Gasteiger partial charge in [-0.1, -0.05) is 0 Å². The molecule has 0 aliphatic carbocycles. The average molecular weight is 247 g/mol. The number of amides is 1. The van der Waals surface area contributed by atoms with E-state index in [1.165, 1.54) is 13.8 Å². The molecule has 0 saturated heterocycles. The number of aliphatic hydroxyl groups is 1. The monoisotopic (exact) mass is 247 g/mol. The Balaban J connectivity index is 4.55. The van der Waals surface area contributed by atoms with Gasteiger partial charge in [-0.05, 0) is 34.6 Å². The lowest BCUT2D eigenvalue weighted by molar-refractivity contribution is -0.139. The van der Waals surface area contributed by atoms with Crippen LogP contribution in [0.3, 0.4) is 0 Å². The molecule has 0 fully saturated rings. The van der Waals surface area contributed by atoms with Crippen molar-refractivity contribution in [3.05, 3.63) is 0 Å². The van der Waals surface area contributed by atoms with Gasteiger partial charge in [0.2, 0.25) is 0 Å². The molecule has 0 heterocycles. The van der Waals surface area contributed by atoms with Crippen LogP contribution >= 0.6 is 0 Å². The van der Waals surface area contributed by atoms with E-state index in [9.17, 15) is 14.7 Å². The van der Waals surface area contributed by atoms with Gasteiger partial charge in [0.1, 0.15) is 5.60 Å². The van der Waals surface area contributed by atoms with E-state index in [0.717, 1.165) is 0 Å². The maximum absolute atomic E-state index is 11.5. The molecule has 0 radical (unpaired) electrons. The van der Waals surface area contributed by atoms with Crippen LogP contribution in [0.4, 0.5) is 4.79 Å². The van der Waals surface area contributed by atoms with Crippen LogP contribution < -0.4 is 5.32 Å². The van der Waals surface area contributed by atoms with Crippen LogP contribution in [0.2, 0.25) is 0 Å². The molecule has 1 amide bonds. The molecule has 3 N–H and O–H groups in total. The summed E-state index contributed by atoms with van der Waals surface area (Å²) >= 11 is 0. The van der Waals surface area contributed by atoms with E-state index in [1.807, 2.05) is 0 Å². The summed E-state index contributed by atoms with van der Waals surface area (Å²) in [4.78, 5) is 22.1. The zero-order chi connectivity index (χ0) is 13.9. The molecular weight excluding hydrogens is 226 g/mol. The highest BCUT2D eigenvalue weighted by molar-refractivity contribution is 5.72. The molecule has 0 bridgehead atoms. The fourth-order valence-electron chi connectivity index (χ4n) is 1.10. The standard InChI is InChI=1S/C11H21NO5/c1-10(2,3)17-9(15)12-7(6-8(13)14)11(4,5)16/h7,16H,6H2,1-5H3,(H,12,15)(H,13,14)/t7-/m0/s1. The lowest BCUT2D eigenvalue weighted by atomic mass is 9.96. The van der Waals surface area contributed by atoms with Crippen molar-refractivity contribution in [2.24, 2.45) is 0 Å². The first-order chi connectivity index (χ1) is 7.42. The SMILES string of the molecule is CC(C)(C)OC(=O)N[C@@H](CC(=O)O)C(C)(C)O. The molecule has 0 rings (SSSR count). The fourth-order valence-corrected chi connectivity index (χ4v) is 1.10. The van der Waals surface area contributed by atoms with Gasteiger partial charge in [-0.2, -0.15) is 0 Å². The van der Waals surface area contributed by atoms with Crippen LogP contribution in [-0.4, -0.2) is 39.5 Å². The van der Waals surface area contributed by atoms with Crippen molar-refractivity contribution in [2.45, 2.75) is 58.3 Å². The molecule has 0 aliphatic rings. The smallest absolute Gasteiger partial charge is 0.407 e. The summed E-state index contributed by atoms with van der Waals surface area (Å²) in [5.74, 6) is -1.10. The van der Waals surface area contributed by atoms with Crippen molar-refractivity contribution in [1.29, 1.82) is 0 Å². The number of nitrogens with one attached hydrogen (secondary N) is 1. The fraction of sp³-hybridized carbons (Fsp3) is 0.818. The summed E-state index contributed by atoms with van der Waals surface area (Å²) in [5.41, 5.74) is -2.01. The van der Waals surface area contributed by atoms with Gasteiger partial charge < -0.3 is 20.3 Å². The molecule has 0 unspecified atom stereocenters. The van der Waals surface area contributed by atoms with Gasteiger partial charge in [-0.3, -0.25) is 4.79 Å². The Morgan fingerprint density at radius 1 is 1.24 bits per heavy atom. The Morgan fingerprint density at radius 2 is 1.71 bits per heavy atom. The van der Waals surface area contributed by atoms with Crippen molar-refractivity contribution in [3.63, 3.8) is 0 Å². The van der Waals surface area contributed by atoms with Gasteiger partial charge in [-0.25, -0.2) is 4.79 Å². The minimum atomic E-state index is -1.34. The number of hydrogen-bond donors (Lipinski definition) is 3. The normalized spacial score (nSPS) is 14.0. The summed E-state index contributed by atoms with van der Waals surface area (Å²) < 4.78 is 4.99. The van der Waals surface area contributed by atoms with Gasteiger partial charge in [-0.15, -0.1) is 0 Å². The lowest BCUT2D eigenvalue weighted by Crippen LogP contribution is -2.51. The molecule has 6 nitrogen and oxygen atoms in total. The zero-order valence-corrected chi connectivity index (χ0v) is 10.9. The lowest BCUT2D eigenvalue weighted by Gasteiger charge is -2.30. The number of carbonyl (C=O) groups is 2. The van der Waals surface area contributed by atoms with Crippen LogP contribution in [0.15, 0.2) is 0 Å². The summed E-state index contributed by atoms with van der Waals surface area (Å²) in [6, 6.07) is -0.908. The minimum Gasteiger partial charge on any atom is -0.481 e. The van der Waals surface area contributed by atoms with Gasteiger partial charge in [0.05, 0.1) is 18.1 Å². The van der Waals surface area contributed by atoms with Crippen LogP contribution in [0.25, 0.3) is 0 Å². The predicted octanol–water partition coefficient (Wildman–Crippen LogP) is 1.13. The van der Waals surface area contributed by atoms with Gasteiger partial charge >= 0.3 is 12.1 Å². The van der Waals surface area contributed by atoms with Crippen molar-refractivity contribution in [2.75, 3.05) is 0 Å². The number of carbonyl (C=O) groups excluding carboxylic acids is 1. The van der Waals surface area contributed by atoms with E-state index in [4.69, 9.17) is 9.84 Å². The molecule has 1 atom stereocenters. The third kappa shape index (κ3) is 7.57. The quantitative estimate of drug-likeness (QED) is 0.692. The van der Waals surface area contributed by atoms with E-state index >= 15 is 0 Å². The number of hydrogen-bond acceptors (Lipinski definition) is 4. The van der Waals surface area contributed by atoms with Crippen molar-refractivity contribution < 1.29 is 24.5 Å². The molecular formula is C11H21NO5. The van der Waals surface area contributed by atoms with E-state index in [0.29, 0.717) is 0 Å². The molecule has 100 valence electrons. The second-order valence-corrected chi connectivity index (χ2v) is 5.45. The first-order valence-electron chi connectivity index (χ1n) is 5.35. The van der Waals surface area contributed by atoms with E-state index in [2.05, 4.69) is 5.32 Å². The molecule has 0 aliphatic heterocycles. The van der Waals surface area contributed by atoms with Crippen molar-refractivity contribution in [1.82, 2.24) is 5.32 Å².